The topological polar surface area (TPSA) is 97.5 Å². The van der Waals surface area contributed by atoms with Gasteiger partial charge in [0.15, 0.2) is 5.82 Å². The fourth-order valence-corrected chi connectivity index (χ4v) is 3.37. The fraction of sp³-hybridized carbons (Fsp3) is 0.444. The summed E-state index contributed by atoms with van der Waals surface area (Å²) in [4.78, 5) is 29.4. The molecule has 1 aliphatic heterocycles. The van der Waals surface area contributed by atoms with Crippen molar-refractivity contribution in [2.45, 2.75) is 40.3 Å². The summed E-state index contributed by atoms with van der Waals surface area (Å²) in [5.41, 5.74) is 9.24. The van der Waals surface area contributed by atoms with Gasteiger partial charge in [-0.3, -0.25) is 9.78 Å². The Morgan fingerprint density at radius 2 is 2.00 bits per heavy atom. The molecule has 26 heavy (non-hydrogen) atoms. The molecule has 0 aromatic carbocycles. The van der Waals surface area contributed by atoms with E-state index in [2.05, 4.69) is 15.0 Å². The van der Waals surface area contributed by atoms with Crippen LogP contribution in [0.1, 0.15) is 30.7 Å². The minimum Gasteiger partial charge on any atom is -0.496 e. The van der Waals surface area contributed by atoms with E-state index < -0.39 is 0 Å². The SMILES string of the molecule is CCN1C(=O)C(C)N(Cc2ncc(C)c(OC)c2C)c2nc(N)ncc21. The van der Waals surface area contributed by atoms with E-state index in [0.717, 1.165) is 22.6 Å². The van der Waals surface area contributed by atoms with Gasteiger partial charge < -0.3 is 20.3 Å². The summed E-state index contributed by atoms with van der Waals surface area (Å²) in [6, 6.07) is -0.384. The molecule has 0 aliphatic carbocycles. The molecule has 1 atom stereocenters. The summed E-state index contributed by atoms with van der Waals surface area (Å²) in [5.74, 6) is 1.64. The number of likely N-dealkylation sites (N-methyl/N-ethyl adjacent to an activating group) is 1. The van der Waals surface area contributed by atoms with Gasteiger partial charge in [0.2, 0.25) is 11.9 Å². The molecule has 0 spiro atoms. The molecule has 1 unspecified atom stereocenters. The second-order valence-electron chi connectivity index (χ2n) is 6.37. The number of hydrogen-bond acceptors (Lipinski definition) is 7. The van der Waals surface area contributed by atoms with Crippen molar-refractivity contribution in [2.75, 3.05) is 29.2 Å². The van der Waals surface area contributed by atoms with Crippen LogP contribution in [-0.2, 0) is 11.3 Å². The van der Waals surface area contributed by atoms with Gasteiger partial charge in [-0.2, -0.15) is 4.98 Å². The molecular formula is C18H24N6O2. The van der Waals surface area contributed by atoms with Crippen LogP contribution in [0.25, 0.3) is 0 Å². The largest absolute Gasteiger partial charge is 0.496 e. The van der Waals surface area contributed by atoms with E-state index in [9.17, 15) is 4.79 Å². The third-order valence-corrected chi connectivity index (χ3v) is 4.81. The van der Waals surface area contributed by atoms with Gasteiger partial charge in [0.1, 0.15) is 17.5 Å². The standard InChI is InChI=1S/C18H24N6O2/c1-6-23-14-8-21-18(19)22-16(14)24(12(4)17(23)25)9-13-11(3)15(26-5)10(2)7-20-13/h7-8,12H,6,9H2,1-5H3,(H2,19,21,22). The zero-order valence-corrected chi connectivity index (χ0v) is 15.8. The zero-order valence-electron chi connectivity index (χ0n) is 15.8. The molecule has 0 saturated heterocycles. The number of ether oxygens (including phenoxy) is 1. The first kappa shape index (κ1) is 17.9. The summed E-state index contributed by atoms with van der Waals surface area (Å²) in [6.45, 7) is 8.70. The maximum atomic E-state index is 12.8. The third-order valence-electron chi connectivity index (χ3n) is 4.81. The minimum atomic E-state index is -0.384. The molecule has 8 heteroatoms. The second kappa shape index (κ2) is 6.78. The molecule has 0 fully saturated rings. The van der Waals surface area contributed by atoms with E-state index in [4.69, 9.17) is 10.5 Å². The number of nitrogens with two attached hydrogens (primary N) is 1. The highest BCUT2D eigenvalue weighted by molar-refractivity contribution is 6.04. The maximum Gasteiger partial charge on any atom is 0.249 e. The van der Waals surface area contributed by atoms with E-state index in [-0.39, 0.29) is 17.9 Å². The molecule has 2 aromatic rings. The summed E-state index contributed by atoms with van der Waals surface area (Å²) in [6.07, 6.45) is 3.39. The number of hydrogen-bond donors (Lipinski definition) is 1. The van der Waals surface area contributed by atoms with Gasteiger partial charge in [-0.1, -0.05) is 0 Å². The lowest BCUT2D eigenvalue weighted by molar-refractivity contribution is -0.119. The van der Waals surface area contributed by atoms with Gasteiger partial charge in [-0.25, -0.2) is 4.98 Å². The van der Waals surface area contributed by atoms with Crippen molar-refractivity contribution in [2.24, 2.45) is 0 Å². The van der Waals surface area contributed by atoms with Gasteiger partial charge in [0.25, 0.3) is 0 Å². The first-order chi connectivity index (χ1) is 12.4. The van der Waals surface area contributed by atoms with Gasteiger partial charge in [-0.15, -0.1) is 0 Å². The Kier molecular flexibility index (Phi) is 4.67. The predicted molar refractivity (Wildman–Crippen MR) is 100 cm³/mol. The zero-order chi connectivity index (χ0) is 19.0. The van der Waals surface area contributed by atoms with Crippen molar-refractivity contribution < 1.29 is 9.53 Å². The predicted octanol–water partition coefficient (Wildman–Crippen LogP) is 1.84. The van der Waals surface area contributed by atoms with Crippen molar-refractivity contribution in [3.63, 3.8) is 0 Å². The van der Waals surface area contributed by atoms with Gasteiger partial charge in [0.05, 0.1) is 25.5 Å². The number of aryl methyl sites for hydroxylation is 1. The highest BCUT2D eigenvalue weighted by atomic mass is 16.5. The molecular weight excluding hydrogens is 332 g/mol. The Bertz CT molecular complexity index is 854. The lowest BCUT2D eigenvalue weighted by Gasteiger charge is -2.40. The second-order valence-corrected chi connectivity index (χ2v) is 6.37. The number of anilines is 3. The Morgan fingerprint density at radius 3 is 2.65 bits per heavy atom. The maximum absolute atomic E-state index is 12.8. The van der Waals surface area contributed by atoms with Crippen LogP contribution in [-0.4, -0.2) is 40.6 Å². The van der Waals surface area contributed by atoms with E-state index in [1.807, 2.05) is 32.6 Å². The molecule has 1 amide bonds. The summed E-state index contributed by atoms with van der Waals surface area (Å²) in [5, 5.41) is 0. The van der Waals surface area contributed by atoms with Crippen LogP contribution in [0.15, 0.2) is 12.4 Å². The number of nitrogens with zero attached hydrogens (tertiary/aromatic N) is 5. The summed E-state index contributed by atoms with van der Waals surface area (Å²) >= 11 is 0. The molecule has 2 N–H and O–H groups in total. The lowest BCUT2D eigenvalue weighted by Crippen LogP contribution is -2.52. The molecule has 1 aliphatic rings. The quantitative estimate of drug-likeness (QED) is 0.892. The Hall–Kier alpha value is -2.90. The lowest BCUT2D eigenvalue weighted by atomic mass is 10.1. The smallest absolute Gasteiger partial charge is 0.249 e. The summed E-state index contributed by atoms with van der Waals surface area (Å²) in [7, 11) is 1.65. The van der Waals surface area contributed by atoms with Crippen LogP contribution < -0.4 is 20.3 Å². The number of fused-ring (bicyclic) bond motifs is 1. The van der Waals surface area contributed by atoms with E-state index in [0.29, 0.717) is 24.6 Å². The molecule has 3 heterocycles. The average Bonchev–Trinajstić information content (AvgIpc) is 2.62. The monoisotopic (exact) mass is 356 g/mol. The molecule has 3 rings (SSSR count). The molecule has 2 aromatic heterocycles. The molecule has 0 saturated carbocycles. The molecule has 0 bridgehead atoms. The number of methoxy groups -OCH3 is 1. The van der Waals surface area contributed by atoms with Crippen molar-refractivity contribution in [3.8, 4) is 5.75 Å². The number of amides is 1. The van der Waals surface area contributed by atoms with Crippen LogP contribution in [0.4, 0.5) is 17.5 Å². The minimum absolute atomic E-state index is 0.00472. The Labute approximate surface area is 153 Å². The fourth-order valence-electron chi connectivity index (χ4n) is 3.37. The van der Waals surface area contributed by atoms with Crippen molar-refractivity contribution in [1.29, 1.82) is 0 Å². The number of pyridine rings is 1. The van der Waals surface area contributed by atoms with E-state index >= 15 is 0 Å². The van der Waals surface area contributed by atoms with Crippen molar-refractivity contribution in [3.05, 3.63) is 29.2 Å². The van der Waals surface area contributed by atoms with Crippen LogP contribution in [0, 0.1) is 13.8 Å². The van der Waals surface area contributed by atoms with Crippen LogP contribution in [0.3, 0.4) is 0 Å². The Morgan fingerprint density at radius 1 is 1.27 bits per heavy atom. The van der Waals surface area contributed by atoms with Crippen molar-refractivity contribution in [1.82, 2.24) is 15.0 Å². The van der Waals surface area contributed by atoms with Gasteiger partial charge in [-0.05, 0) is 27.7 Å². The number of carbonyl (C=O) groups excluding carboxylic acids is 1. The van der Waals surface area contributed by atoms with Crippen LogP contribution in [0.5, 0.6) is 5.75 Å². The molecule has 8 nitrogen and oxygen atoms in total. The molecule has 138 valence electrons. The van der Waals surface area contributed by atoms with E-state index in [1.165, 1.54) is 0 Å². The van der Waals surface area contributed by atoms with Crippen LogP contribution in [0.2, 0.25) is 0 Å². The Balaban J connectivity index is 2.08. The van der Waals surface area contributed by atoms with Crippen molar-refractivity contribution >= 4 is 23.4 Å². The first-order valence-electron chi connectivity index (χ1n) is 8.58. The first-order valence-corrected chi connectivity index (χ1v) is 8.58. The molecule has 0 radical (unpaired) electrons. The number of aromatic nitrogens is 3. The van der Waals surface area contributed by atoms with Gasteiger partial charge in [0, 0.05) is 23.9 Å². The normalized spacial score (nSPS) is 16.7. The van der Waals surface area contributed by atoms with E-state index in [1.54, 1.807) is 24.4 Å². The number of carbonyl (C=O) groups is 1. The number of nitrogen functional groups attached to an aromatic ring is 1. The summed E-state index contributed by atoms with van der Waals surface area (Å²) < 4.78 is 5.50. The average molecular weight is 356 g/mol. The van der Waals surface area contributed by atoms with Gasteiger partial charge >= 0.3 is 0 Å². The number of rotatable bonds is 4. The third kappa shape index (κ3) is 2.81. The van der Waals surface area contributed by atoms with Crippen LogP contribution >= 0.6 is 0 Å². The highest BCUT2D eigenvalue weighted by Crippen LogP contribution is 2.36. The highest BCUT2D eigenvalue weighted by Gasteiger charge is 2.36.